The number of hydrogen-bond acceptors (Lipinski definition) is 7. The summed E-state index contributed by atoms with van der Waals surface area (Å²) in [5.74, 6) is 6.71. The van der Waals surface area contributed by atoms with Crippen molar-refractivity contribution in [3.05, 3.63) is 123 Å². The van der Waals surface area contributed by atoms with Crippen LogP contribution in [-0.4, -0.2) is 62.3 Å². The third-order valence-electron chi connectivity index (χ3n) is 7.84. The first kappa shape index (κ1) is 40.5. The molecule has 278 valence electrons. The van der Waals surface area contributed by atoms with Crippen molar-refractivity contribution in [3.63, 3.8) is 0 Å². The van der Waals surface area contributed by atoms with Crippen molar-refractivity contribution in [3.8, 4) is 29.1 Å². The van der Waals surface area contributed by atoms with E-state index in [1.807, 2.05) is 106 Å². The molecular weight excluding hydrogens is 785 g/mol. The minimum absolute atomic E-state index is 0.0526. The van der Waals surface area contributed by atoms with E-state index in [9.17, 15) is 14.4 Å². The number of amides is 3. The summed E-state index contributed by atoms with van der Waals surface area (Å²) in [6, 6.07) is 28.8. The monoisotopic (exact) mass is 831 g/mol. The summed E-state index contributed by atoms with van der Waals surface area (Å²) >= 11 is 2.19. The Kier molecular flexibility index (Phi) is 15.4. The molecule has 1 atom stereocenters. The van der Waals surface area contributed by atoms with Crippen molar-refractivity contribution in [2.45, 2.75) is 51.8 Å². The van der Waals surface area contributed by atoms with Crippen LogP contribution in [-0.2, 0) is 27.3 Å². The van der Waals surface area contributed by atoms with Gasteiger partial charge in [-0.3, -0.25) is 9.59 Å². The summed E-state index contributed by atoms with van der Waals surface area (Å²) in [6.45, 7) is 6.71. The molecule has 0 radical (unpaired) electrons. The lowest BCUT2D eigenvalue weighted by Gasteiger charge is -2.31. The predicted octanol–water partition coefficient (Wildman–Crippen LogP) is 7.08. The fourth-order valence-electron chi connectivity index (χ4n) is 5.26. The maximum absolute atomic E-state index is 14.2. The second-order valence-electron chi connectivity index (χ2n) is 13.0. The van der Waals surface area contributed by atoms with E-state index in [4.69, 9.17) is 18.9 Å². The summed E-state index contributed by atoms with van der Waals surface area (Å²) in [5.41, 5.74) is 2.51. The molecule has 4 aromatic carbocycles. The Morgan fingerprint density at radius 2 is 1.53 bits per heavy atom. The maximum atomic E-state index is 14.2. The zero-order valence-corrected chi connectivity index (χ0v) is 32.9. The van der Waals surface area contributed by atoms with Crippen molar-refractivity contribution in [1.29, 1.82) is 0 Å². The van der Waals surface area contributed by atoms with Crippen LogP contribution in [0.15, 0.2) is 97.1 Å². The molecule has 2 N–H and O–H groups in total. The van der Waals surface area contributed by atoms with E-state index in [-0.39, 0.29) is 12.5 Å². The third-order valence-corrected chi connectivity index (χ3v) is 8.82. The molecule has 0 spiro atoms. The van der Waals surface area contributed by atoms with E-state index in [2.05, 4.69) is 45.1 Å². The predicted molar refractivity (Wildman–Crippen MR) is 213 cm³/mol. The summed E-state index contributed by atoms with van der Waals surface area (Å²) in [6.07, 6.45) is 0.725. The van der Waals surface area contributed by atoms with E-state index in [0.29, 0.717) is 66.5 Å². The maximum Gasteiger partial charge on any atom is 0.407 e. The molecule has 11 heteroatoms. The Labute approximate surface area is 325 Å². The zero-order valence-electron chi connectivity index (χ0n) is 30.7. The van der Waals surface area contributed by atoms with Gasteiger partial charge >= 0.3 is 6.09 Å². The van der Waals surface area contributed by atoms with Gasteiger partial charge in [0.2, 0.25) is 5.91 Å². The van der Waals surface area contributed by atoms with Gasteiger partial charge in [0.05, 0.1) is 27.4 Å². The van der Waals surface area contributed by atoms with Gasteiger partial charge in [-0.15, -0.1) is 0 Å². The fraction of sp³-hybridized carbons (Fsp3) is 0.310. The number of benzene rings is 4. The molecule has 1 unspecified atom stereocenters. The molecule has 0 fully saturated rings. The van der Waals surface area contributed by atoms with E-state index in [1.165, 1.54) is 4.90 Å². The van der Waals surface area contributed by atoms with E-state index in [1.54, 1.807) is 26.4 Å². The van der Waals surface area contributed by atoms with Crippen LogP contribution in [0.2, 0.25) is 0 Å². The van der Waals surface area contributed by atoms with E-state index in [0.717, 1.165) is 9.13 Å². The molecule has 0 saturated heterocycles. The molecule has 0 aliphatic heterocycles. The highest BCUT2D eigenvalue weighted by molar-refractivity contribution is 14.1. The van der Waals surface area contributed by atoms with Crippen LogP contribution in [0.25, 0.3) is 0 Å². The first-order chi connectivity index (χ1) is 25.5. The van der Waals surface area contributed by atoms with Crippen LogP contribution in [0.5, 0.6) is 17.2 Å². The number of carbonyl (C=O) groups is 3. The number of carbonyl (C=O) groups excluding carboxylic acids is 3. The lowest BCUT2D eigenvalue weighted by molar-refractivity contribution is -0.137. The Balaban J connectivity index is 1.47. The molecule has 3 amide bonds. The lowest BCUT2D eigenvalue weighted by atomic mass is 10.0. The van der Waals surface area contributed by atoms with Crippen LogP contribution in [0, 0.1) is 15.4 Å². The number of alkyl carbamates (subject to hydrolysis) is 1. The molecule has 4 rings (SSSR count). The van der Waals surface area contributed by atoms with Gasteiger partial charge in [0.25, 0.3) is 5.91 Å². The Bertz CT molecular complexity index is 1880. The number of nitrogens with zero attached hydrogens (tertiary/aromatic N) is 1. The van der Waals surface area contributed by atoms with Crippen LogP contribution in [0.3, 0.4) is 0 Å². The Morgan fingerprint density at radius 3 is 2.21 bits per heavy atom. The van der Waals surface area contributed by atoms with Crippen LogP contribution >= 0.6 is 22.6 Å². The summed E-state index contributed by atoms with van der Waals surface area (Å²) in [4.78, 5) is 41.6. The largest absolute Gasteiger partial charge is 0.497 e. The van der Waals surface area contributed by atoms with Crippen LogP contribution < -0.4 is 24.8 Å². The topological polar surface area (TPSA) is 115 Å². The number of rotatable bonds is 15. The normalized spacial score (nSPS) is 11.3. The third kappa shape index (κ3) is 13.1. The second-order valence-corrected chi connectivity index (χ2v) is 14.1. The van der Waals surface area contributed by atoms with Crippen molar-refractivity contribution >= 4 is 40.5 Å². The highest BCUT2D eigenvalue weighted by Crippen LogP contribution is 2.31. The van der Waals surface area contributed by atoms with Gasteiger partial charge in [-0.2, -0.15) is 0 Å². The van der Waals surface area contributed by atoms with Gasteiger partial charge in [-0.05, 0) is 110 Å². The van der Waals surface area contributed by atoms with Gasteiger partial charge in [-0.25, -0.2) is 4.79 Å². The quantitative estimate of drug-likeness (QED) is 0.0748. The van der Waals surface area contributed by atoms with Gasteiger partial charge in [0, 0.05) is 39.8 Å². The Hall–Kier alpha value is -5.22. The lowest BCUT2D eigenvalue weighted by Crippen LogP contribution is -2.44. The average molecular weight is 832 g/mol. The SMILES string of the molecule is COc1ccc(CN(C(=O)C#Cc2ccccc2)C(C(=O)NCCc2ccc(OCCCNC(=O)OC(C)(C)C)cc2)c2ccccc2I)c(OC)c1. The molecule has 0 aliphatic rings. The summed E-state index contributed by atoms with van der Waals surface area (Å²) in [5, 5.41) is 5.79. The highest BCUT2D eigenvalue weighted by Gasteiger charge is 2.33. The molecule has 4 aromatic rings. The molecule has 53 heavy (non-hydrogen) atoms. The molecular formula is C42H46IN3O7. The molecule has 0 bridgehead atoms. The first-order valence-electron chi connectivity index (χ1n) is 17.3. The van der Waals surface area contributed by atoms with Crippen LogP contribution in [0.1, 0.15) is 55.5 Å². The molecule has 0 heterocycles. The molecule has 0 aromatic heterocycles. The molecule has 10 nitrogen and oxygen atoms in total. The van der Waals surface area contributed by atoms with Crippen molar-refractivity contribution < 1.29 is 33.3 Å². The number of halogens is 1. The van der Waals surface area contributed by atoms with E-state index >= 15 is 0 Å². The van der Waals surface area contributed by atoms with Gasteiger partial charge in [-0.1, -0.05) is 54.5 Å². The number of nitrogens with one attached hydrogen (secondary N) is 2. The number of hydrogen-bond donors (Lipinski definition) is 2. The minimum Gasteiger partial charge on any atom is -0.497 e. The fourth-order valence-corrected chi connectivity index (χ4v) is 5.94. The average Bonchev–Trinajstić information content (AvgIpc) is 3.14. The number of methoxy groups -OCH3 is 2. The second kappa shape index (κ2) is 20.1. The van der Waals surface area contributed by atoms with E-state index < -0.39 is 23.6 Å². The highest BCUT2D eigenvalue weighted by atomic mass is 127. The van der Waals surface area contributed by atoms with Crippen LogP contribution in [0.4, 0.5) is 4.79 Å². The summed E-state index contributed by atoms with van der Waals surface area (Å²) in [7, 11) is 3.12. The Morgan fingerprint density at radius 1 is 0.830 bits per heavy atom. The van der Waals surface area contributed by atoms with Crippen molar-refractivity contribution in [2.75, 3.05) is 33.9 Å². The smallest absolute Gasteiger partial charge is 0.407 e. The van der Waals surface area contributed by atoms with Gasteiger partial charge in [0.15, 0.2) is 0 Å². The standard InChI is InChI=1S/C42H46IN3O7/c1-42(2,3)53-41(49)45-25-11-27-52-33-20-16-31(17-21-33)24-26-44-40(48)39(35-14-9-10-15-36(35)43)46(38(47)23-18-30-12-7-6-8-13-30)29-32-19-22-34(50-4)28-37(32)51-5/h6-10,12-17,19-22,28,39H,11,24-27,29H2,1-5H3,(H,44,48)(H,45,49). The van der Waals surface area contributed by atoms with Gasteiger partial charge in [0.1, 0.15) is 28.9 Å². The van der Waals surface area contributed by atoms with Crippen molar-refractivity contribution in [2.24, 2.45) is 0 Å². The van der Waals surface area contributed by atoms with Crippen molar-refractivity contribution in [1.82, 2.24) is 15.5 Å². The zero-order chi connectivity index (χ0) is 38.2. The first-order valence-corrected chi connectivity index (χ1v) is 18.3. The molecule has 0 aliphatic carbocycles. The summed E-state index contributed by atoms with van der Waals surface area (Å²) < 4.78 is 22.9. The minimum atomic E-state index is -0.993. The number of ether oxygens (including phenoxy) is 4. The van der Waals surface area contributed by atoms with Gasteiger partial charge < -0.3 is 34.5 Å². The molecule has 0 saturated carbocycles.